The average Bonchev–Trinajstić information content (AvgIpc) is 3.66. The number of aromatic nitrogens is 4. The lowest BCUT2D eigenvalue weighted by Crippen LogP contribution is -2.63. The zero-order chi connectivity index (χ0) is 32.0. The van der Waals surface area contributed by atoms with Crippen molar-refractivity contribution < 1.29 is 42.8 Å². The summed E-state index contributed by atoms with van der Waals surface area (Å²) in [7, 11) is 1.31. The number of benzene rings is 2. The molecule has 6 rings (SSSR count). The van der Waals surface area contributed by atoms with Gasteiger partial charge in [-0.25, -0.2) is 22.8 Å². The lowest BCUT2D eigenvalue weighted by molar-refractivity contribution is -0.211. The van der Waals surface area contributed by atoms with Gasteiger partial charge in [0.1, 0.15) is 30.0 Å². The van der Waals surface area contributed by atoms with Gasteiger partial charge in [-0.15, -0.1) is 16.4 Å². The molecule has 0 bridgehead atoms. The Morgan fingerprint density at radius 2 is 1.91 bits per heavy atom. The summed E-state index contributed by atoms with van der Waals surface area (Å²) < 4.78 is 55.4. The molecule has 0 unspecified atom stereocenters. The molecule has 16 heteroatoms. The predicted molar refractivity (Wildman–Crippen MR) is 157 cm³/mol. The first-order valence-corrected chi connectivity index (χ1v) is 15.4. The highest BCUT2D eigenvalue weighted by Crippen LogP contribution is 2.38. The fourth-order valence-electron chi connectivity index (χ4n) is 6.16. The Hall–Kier alpha value is -3.18. The maximum atomic E-state index is 14.6. The van der Waals surface area contributed by atoms with Gasteiger partial charge in [0.15, 0.2) is 28.0 Å². The molecular formula is C29H29ClF3N5O6S. The molecule has 1 saturated carbocycles. The van der Waals surface area contributed by atoms with Gasteiger partial charge in [0.2, 0.25) is 0 Å². The number of halogens is 4. The highest BCUT2D eigenvalue weighted by molar-refractivity contribution is 7.22. The first-order chi connectivity index (χ1) is 21.6. The Labute approximate surface area is 263 Å². The molecule has 1 aliphatic carbocycles. The van der Waals surface area contributed by atoms with E-state index in [9.17, 15) is 33.3 Å². The van der Waals surface area contributed by atoms with Crippen molar-refractivity contribution in [1.29, 1.82) is 0 Å². The molecule has 2 aliphatic rings. The van der Waals surface area contributed by atoms with Gasteiger partial charge in [0.25, 0.3) is 5.91 Å². The fourth-order valence-corrected chi connectivity index (χ4v) is 7.23. The molecule has 45 heavy (non-hydrogen) atoms. The first-order valence-electron chi connectivity index (χ1n) is 14.2. The Kier molecular flexibility index (Phi) is 9.12. The number of ether oxygens (including phenoxy) is 2. The van der Waals surface area contributed by atoms with Crippen LogP contribution in [-0.2, 0) is 14.3 Å². The second-order valence-corrected chi connectivity index (χ2v) is 12.7. The summed E-state index contributed by atoms with van der Waals surface area (Å²) >= 11 is 7.36. The number of nitrogens with zero attached hydrogens (tertiary/aromatic N) is 5. The summed E-state index contributed by atoms with van der Waals surface area (Å²) in [6.07, 6.45) is -2.39. The average molecular weight is 668 g/mol. The van der Waals surface area contributed by atoms with Crippen molar-refractivity contribution in [1.82, 2.24) is 20.0 Å². The van der Waals surface area contributed by atoms with Crippen molar-refractivity contribution in [2.75, 3.05) is 18.6 Å². The van der Waals surface area contributed by atoms with Crippen molar-refractivity contribution in [2.24, 2.45) is 0 Å². The van der Waals surface area contributed by atoms with Crippen LogP contribution in [0.5, 0.6) is 0 Å². The second kappa shape index (κ2) is 12.9. The number of anilines is 1. The van der Waals surface area contributed by atoms with E-state index in [1.165, 1.54) is 29.5 Å². The van der Waals surface area contributed by atoms with Crippen molar-refractivity contribution >= 4 is 44.7 Å². The van der Waals surface area contributed by atoms with Crippen LogP contribution in [0, 0.1) is 17.5 Å². The van der Waals surface area contributed by atoms with Crippen LogP contribution in [0.3, 0.4) is 0 Å². The van der Waals surface area contributed by atoms with Crippen molar-refractivity contribution in [2.45, 2.75) is 68.3 Å². The van der Waals surface area contributed by atoms with Crippen LogP contribution in [0.4, 0.5) is 18.9 Å². The van der Waals surface area contributed by atoms with E-state index in [0.717, 1.165) is 34.4 Å². The number of carbonyl (C=O) groups excluding carboxylic acids is 1. The van der Waals surface area contributed by atoms with Crippen LogP contribution in [-0.4, -0.2) is 91.5 Å². The molecule has 2 aromatic heterocycles. The first kappa shape index (κ1) is 31.8. The van der Waals surface area contributed by atoms with Crippen LogP contribution in [0.15, 0.2) is 36.5 Å². The number of rotatable bonds is 7. The summed E-state index contributed by atoms with van der Waals surface area (Å²) in [5, 5.41) is 40.4. The minimum Gasteiger partial charge on any atom is -0.394 e. The summed E-state index contributed by atoms with van der Waals surface area (Å²) in [4.78, 5) is 20.3. The minimum atomic E-state index is -1.64. The van der Waals surface area contributed by atoms with Gasteiger partial charge in [-0.2, -0.15) is 0 Å². The number of aliphatic hydroxyl groups excluding tert-OH is 3. The van der Waals surface area contributed by atoms with Crippen LogP contribution in [0.2, 0.25) is 4.47 Å². The third-order valence-corrected chi connectivity index (χ3v) is 9.49. The molecule has 1 aliphatic heterocycles. The number of amides is 1. The third-order valence-electron chi connectivity index (χ3n) is 8.37. The van der Waals surface area contributed by atoms with E-state index in [1.54, 1.807) is 18.2 Å². The van der Waals surface area contributed by atoms with Crippen LogP contribution in [0.25, 0.3) is 21.5 Å². The summed E-state index contributed by atoms with van der Waals surface area (Å²) in [6, 6.07) is 4.89. The van der Waals surface area contributed by atoms with Gasteiger partial charge in [0, 0.05) is 18.4 Å². The van der Waals surface area contributed by atoms with Gasteiger partial charge >= 0.3 is 0 Å². The Balaban J connectivity index is 1.39. The number of hydrogen-bond acceptors (Lipinski definition) is 10. The number of hydrogen-bond donors (Lipinski definition) is 3. The van der Waals surface area contributed by atoms with E-state index in [-0.39, 0.29) is 11.3 Å². The smallest absolute Gasteiger partial charge is 0.259 e. The fraction of sp³-hybridized carbons (Fsp3) is 0.448. The number of fused-ring (bicyclic) bond motifs is 1. The van der Waals surface area contributed by atoms with Gasteiger partial charge in [-0.05, 0) is 43.2 Å². The quantitative estimate of drug-likeness (QED) is 0.252. The summed E-state index contributed by atoms with van der Waals surface area (Å²) in [5.41, 5.74) is 0.938. The lowest BCUT2D eigenvalue weighted by Gasteiger charge is -2.46. The highest BCUT2D eigenvalue weighted by atomic mass is 35.5. The zero-order valence-electron chi connectivity index (χ0n) is 23.8. The van der Waals surface area contributed by atoms with Crippen molar-refractivity contribution in [3.8, 4) is 11.3 Å². The van der Waals surface area contributed by atoms with E-state index >= 15 is 0 Å². The van der Waals surface area contributed by atoms with Gasteiger partial charge in [-0.3, -0.25) is 4.79 Å². The predicted octanol–water partition coefficient (Wildman–Crippen LogP) is 3.64. The number of carbonyl (C=O) groups is 1. The molecule has 3 N–H and O–H groups in total. The maximum absolute atomic E-state index is 14.6. The minimum absolute atomic E-state index is 0.0479. The van der Waals surface area contributed by atoms with Crippen LogP contribution >= 0.6 is 22.9 Å². The number of methoxy groups -OCH3 is 1. The Morgan fingerprint density at radius 3 is 2.60 bits per heavy atom. The zero-order valence-corrected chi connectivity index (χ0v) is 25.3. The number of thiazole rings is 1. The topological polar surface area (TPSA) is 143 Å². The largest absolute Gasteiger partial charge is 0.394 e. The molecular weight excluding hydrogens is 639 g/mol. The van der Waals surface area contributed by atoms with Crippen LogP contribution < -0.4 is 4.90 Å². The van der Waals surface area contributed by atoms with E-state index in [4.69, 9.17) is 21.1 Å². The molecule has 4 aromatic rings. The summed E-state index contributed by atoms with van der Waals surface area (Å²) in [5.74, 6) is -5.07. The molecule has 1 amide bonds. The Morgan fingerprint density at radius 1 is 1.18 bits per heavy atom. The summed E-state index contributed by atoms with van der Waals surface area (Å²) in [6.45, 7) is -0.675. The molecule has 3 heterocycles. The normalized spacial score (nSPS) is 27.2. The van der Waals surface area contributed by atoms with E-state index < -0.39 is 72.6 Å². The lowest BCUT2D eigenvalue weighted by atomic mass is 9.88. The SMILES string of the molecule is CO[C@@H]1[C@@H](n2cc(-c3cc(F)c(F)c(F)c3)nn2)[C@@H](O)[C@@H](CO)O[C@H]1C(=O)N(c1ccc2nc(Cl)sc2c1)[C@H]1CCCC[C@@H]1O. The van der Waals surface area contributed by atoms with Gasteiger partial charge in [-0.1, -0.05) is 29.7 Å². The van der Waals surface area contributed by atoms with E-state index in [2.05, 4.69) is 15.3 Å². The molecule has 0 spiro atoms. The standard InChI is InChI=1S/C29H29ClF3N5O6S/c1-43-26-24(37-11-18(35-36-37)13-8-15(31)23(33)16(32)9-13)25(41)21(12-39)44-27(26)28(42)38(19-4-2-3-5-20(19)40)14-6-7-17-22(10-14)45-29(30)34-17/h6-11,19-21,24-27,39-41H,2-5,12H2,1H3/t19-,20-,21+,24-,25-,26+,27+/m0/s1. The second-order valence-electron chi connectivity index (χ2n) is 11.0. The van der Waals surface area contributed by atoms with E-state index in [1.807, 2.05) is 0 Å². The molecule has 2 aromatic carbocycles. The monoisotopic (exact) mass is 667 g/mol. The third kappa shape index (κ3) is 5.93. The maximum Gasteiger partial charge on any atom is 0.259 e. The molecule has 240 valence electrons. The molecule has 1 saturated heterocycles. The van der Waals surface area contributed by atoms with Crippen molar-refractivity contribution in [3.05, 3.63) is 58.4 Å². The van der Waals surface area contributed by atoms with Gasteiger partial charge < -0.3 is 29.7 Å². The van der Waals surface area contributed by atoms with E-state index in [0.29, 0.717) is 28.5 Å². The molecule has 7 atom stereocenters. The molecule has 0 radical (unpaired) electrons. The van der Waals surface area contributed by atoms with Gasteiger partial charge in [0.05, 0.1) is 35.2 Å². The van der Waals surface area contributed by atoms with Crippen molar-refractivity contribution in [3.63, 3.8) is 0 Å². The highest BCUT2D eigenvalue weighted by Gasteiger charge is 2.52. The number of aliphatic hydroxyl groups is 3. The Bertz CT molecular complexity index is 1690. The molecule has 2 fully saturated rings. The van der Waals surface area contributed by atoms with Crippen LogP contribution in [0.1, 0.15) is 31.7 Å². The molecule has 11 nitrogen and oxygen atoms in total.